The molecule has 0 saturated heterocycles. The van der Waals surface area contributed by atoms with Gasteiger partial charge in [0.15, 0.2) is 0 Å². The second kappa shape index (κ2) is 29.3. The van der Waals surface area contributed by atoms with Crippen molar-refractivity contribution in [3.8, 4) is 0 Å². The van der Waals surface area contributed by atoms with Gasteiger partial charge in [0.1, 0.15) is 0 Å². The van der Waals surface area contributed by atoms with Crippen LogP contribution in [0.15, 0.2) is 0 Å². The Labute approximate surface area is 94.0 Å². The first-order chi connectivity index (χ1) is 6.24. The monoisotopic (exact) mass is 296 g/mol. The van der Waals surface area contributed by atoms with E-state index in [1.54, 1.807) is 22.7 Å². The van der Waals surface area contributed by atoms with Crippen LogP contribution in [0.25, 0.3) is 0 Å². The summed E-state index contributed by atoms with van der Waals surface area (Å²) in [5.41, 5.74) is 0. The summed E-state index contributed by atoms with van der Waals surface area (Å²) in [7, 11) is 0. The minimum absolute atomic E-state index is 0. The van der Waals surface area contributed by atoms with Gasteiger partial charge in [0.2, 0.25) is 0 Å². The van der Waals surface area contributed by atoms with E-state index >= 15 is 0 Å². The quantitative estimate of drug-likeness (QED) is 0.575. The van der Waals surface area contributed by atoms with Crippen molar-refractivity contribution in [1.29, 1.82) is 0 Å². The zero-order valence-electron chi connectivity index (χ0n) is 9.56. The van der Waals surface area contributed by atoms with Gasteiger partial charge in [-0.15, -0.1) is 13.2 Å². The first kappa shape index (κ1) is 19.3. The first-order valence-corrected chi connectivity index (χ1v) is 9.15. The average molecular weight is 295 g/mol. The molecule has 0 spiro atoms. The van der Waals surface area contributed by atoms with Crippen molar-refractivity contribution in [3.63, 3.8) is 0 Å². The molecule has 0 radical (unpaired) electrons. The third-order valence-corrected chi connectivity index (χ3v) is 5.73. The number of rotatable bonds is 4. The Bertz CT molecular complexity index is 46.2. The molecule has 0 aromatic carbocycles. The van der Waals surface area contributed by atoms with E-state index in [9.17, 15) is 0 Å². The predicted octanol–water partition coefficient (Wildman–Crippen LogP) is 1.08. The molecule has 0 rings (SSSR count). The van der Waals surface area contributed by atoms with Crippen molar-refractivity contribution in [2.24, 2.45) is 0 Å². The number of hydrogen-bond acceptors (Lipinski definition) is 2. The van der Waals surface area contributed by atoms with Crippen LogP contribution < -0.4 is 10.2 Å². The summed E-state index contributed by atoms with van der Waals surface area (Å²) in [6.07, 6.45) is 2.87. The molecule has 13 heavy (non-hydrogen) atoms. The van der Waals surface area contributed by atoms with Gasteiger partial charge in [0, 0.05) is 0 Å². The Morgan fingerprint density at radius 1 is 0.769 bits per heavy atom. The molecular weight excluding hydrogens is 271 g/mol. The van der Waals surface area contributed by atoms with Crippen LogP contribution in [0, 0.1) is 0 Å². The smallest absolute Gasteiger partial charge is 0.0809 e. The fourth-order valence-electron chi connectivity index (χ4n) is 0.479. The van der Waals surface area contributed by atoms with Crippen LogP contribution in [0.2, 0.25) is 8.87 Å². The topological polar surface area (TPSA) is 46.1 Å². The van der Waals surface area contributed by atoms with E-state index in [-0.39, 0.29) is 34.4 Å². The fourth-order valence-corrected chi connectivity index (χ4v) is 3.21. The molecule has 0 unspecified atom stereocenters. The van der Waals surface area contributed by atoms with Gasteiger partial charge in [-0.1, -0.05) is 13.8 Å². The zero-order valence-corrected chi connectivity index (χ0v) is 12.4. The largest absolute Gasteiger partial charge is 0.855 e. The Morgan fingerprint density at radius 2 is 1.00 bits per heavy atom. The molecular formula is C10H24O2Sn. The summed E-state index contributed by atoms with van der Waals surface area (Å²) in [5.74, 6) is 0. The third-order valence-electron chi connectivity index (χ3n) is 0.854. The van der Waals surface area contributed by atoms with Crippen molar-refractivity contribution >= 4 is 21.1 Å². The van der Waals surface area contributed by atoms with Crippen LogP contribution in [0.3, 0.4) is 0 Å². The maximum absolute atomic E-state index is 8.93. The molecule has 0 aromatic rings. The van der Waals surface area contributed by atoms with Gasteiger partial charge in [-0.05, 0) is 0 Å². The van der Waals surface area contributed by atoms with Gasteiger partial charge < -0.3 is 10.2 Å². The average Bonchev–Trinajstić information content (AvgIpc) is 2.08. The normalized spacial score (nSPS) is 7.23. The van der Waals surface area contributed by atoms with Gasteiger partial charge in [-0.2, -0.15) is 0 Å². The summed E-state index contributed by atoms with van der Waals surface area (Å²) < 4.78 is 3.19. The van der Waals surface area contributed by atoms with Crippen LogP contribution in [-0.4, -0.2) is 34.4 Å². The van der Waals surface area contributed by atoms with Crippen molar-refractivity contribution in [2.75, 3.05) is 13.2 Å². The van der Waals surface area contributed by atoms with Crippen LogP contribution >= 0.6 is 0 Å². The van der Waals surface area contributed by atoms with Crippen molar-refractivity contribution in [3.05, 3.63) is 0 Å². The van der Waals surface area contributed by atoms with Gasteiger partial charge in [-0.25, -0.2) is 0 Å². The van der Waals surface area contributed by atoms with E-state index in [1.165, 1.54) is 12.8 Å². The molecule has 0 aliphatic rings. The molecule has 0 aromatic heterocycles. The summed E-state index contributed by atoms with van der Waals surface area (Å²) in [4.78, 5) is 0. The minimum Gasteiger partial charge on any atom is -0.855 e. The summed E-state index contributed by atoms with van der Waals surface area (Å²) >= 11 is 0.181. The van der Waals surface area contributed by atoms with E-state index in [0.29, 0.717) is 0 Å². The summed E-state index contributed by atoms with van der Waals surface area (Å²) in [6, 6.07) is 0. The molecule has 0 atom stereocenters. The molecule has 0 saturated carbocycles. The van der Waals surface area contributed by atoms with Crippen LogP contribution in [-0.2, 0) is 0 Å². The summed E-state index contributed by atoms with van der Waals surface area (Å²) in [6.45, 7) is 7.72. The standard InChI is InChI=1S/2C3H7.2C2H5O.Sn/c2*1-3-2;2*1-2-3;/h2*1,3H2,2H3;2*2H2,1H3;/q;;2*-1;+2. The van der Waals surface area contributed by atoms with E-state index in [0.717, 1.165) is 0 Å². The van der Waals surface area contributed by atoms with E-state index in [1.807, 2.05) is 0 Å². The van der Waals surface area contributed by atoms with E-state index < -0.39 is 0 Å². The van der Waals surface area contributed by atoms with Crippen molar-refractivity contribution in [2.45, 2.75) is 49.4 Å². The molecule has 3 heteroatoms. The molecule has 0 aliphatic heterocycles. The van der Waals surface area contributed by atoms with E-state index in [2.05, 4.69) is 13.8 Å². The Morgan fingerprint density at radius 3 is 1.15 bits per heavy atom. The molecule has 0 N–H and O–H groups in total. The molecule has 0 amide bonds. The van der Waals surface area contributed by atoms with E-state index in [4.69, 9.17) is 10.2 Å². The van der Waals surface area contributed by atoms with Gasteiger partial charge in [-0.3, -0.25) is 0 Å². The number of hydrogen-bond donors (Lipinski definition) is 0. The van der Waals surface area contributed by atoms with Gasteiger partial charge in [0.05, 0.1) is 0 Å². The fraction of sp³-hybridized carbons (Fsp3) is 1.00. The maximum Gasteiger partial charge on any atom is -0.0809 e. The molecule has 0 aliphatic carbocycles. The van der Waals surface area contributed by atoms with Gasteiger partial charge in [0.25, 0.3) is 0 Å². The zero-order chi connectivity index (χ0) is 10.9. The molecule has 80 valence electrons. The van der Waals surface area contributed by atoms with Gasteiger partial charge >= 0.3 is 56.7 Å². The predicted molar refractivity (Wildman–Crippen MR) is 57.0 cm³/mol. The van der Waals surface area contributed by atoms with Crippen LogP contribution in [0.4, 0.5) is 0 Å². The SMILES string of the molecule is CC[CH2][Sn+2][CH2]CC.CC[O-].CC[O-]. The van der Waals surface area contributed by atoms with Crippen molar-refractivity contribution < 1.29 is 10.2 Å². The second-order valence-corrected chi connectivity index (χ2v) is 6.61. The van der Waals surface area contributed by atoms with Crippen molar-refractivity contribution in [1.82, 2.24) is 0 Å². The first-order valence-electron chi connectivity index (χ1n) is 5.11. The minimum atomic E-state index is 0. The third kappa shape index (κ3) is 65.6. The molecule has 0 heterocycles. The molecule has 0 fully saturated rings. The maximum atomic E-state index is 8.93. The Balaban J connectivity index is -0.000000140. The Kier molecular flexibility index (Phi) is 43.6. The Hall–Kier alpha value is 0.719. The molecule has 2 nitrogen and oxygen atoms in total. The van der Waals surface area contributed by atoms with Crippen LogP contribution in [0.5, 0.6) is 0 Å². The second-order valence-electron chi connectivity index (χ2n) is 2.33. The van der Waals surface area contributed by atoms with Crippen LogP contribution in [0.1, 0.15) is 40.5 Å². The molecule has 0 bridgehead atoms. The summed E-state index contributed by atoms with van der Waals surface area (Å²) in [5, 5.41) is 17.9.